The van der Waals surface area contributed by atoms with Crippen LogP contribution in [0, 0.1) is 0 Å². The molecule has 0 saturated heterocycles. The van der Waals surface area contributed by atoms with Crippen molar-refractivity contribution in [1.29, 1.82) is 0 Å². The van der Waals surface area contributed by atoms with Gasteiger partial charge in [0, 0.05) is 17.8 Å². The summed E-state index contributed by atoms with van der Waals surface area (Å²) >= 11 is 6.07. The maximum atomic E-state index is 11.3. The minimum atomic E-state index is -0.522. The summed E-state index contributed by atoms with van der Waals surface area (Å²) in [6, 6.07) is 8.26. The number of hydrogen-bond donors (Lipinski definition) is 1. The average Bonchev–Trinajstić information content (AvgIpc) is 2.92. The van der Waals surface area contributed by atoms with Crippen molar-refractivity contribution >= 4 is 28.6 Å². The van der Waals surface area contributed by atoms with Crippen molar-refractivity contribution in [2.75, 3.05) is 7.11 Å². The molecule has 0 spiro atoms. The van der Waals surface area contributed by atoms with E-state index in [1.165, 1.54) is 7.11 Å². The Kier molecular flexibility index (Phi) is 3.27. The van der Waals surface area contributed by atoms with Gasteiger partial charge in [0.15, 0.2) is 5.58 Å². The lowest BCUT2D eigenvalue weighted by molar-refractivity contribution is 0.100. The molecule has 106 valence electrons. The highest BCUT2D eigenvalue weighted by Crippen LogP contribution is 2.36. The molecule has 0 saturated carbocycles. The van der Waals surface area contributed by atoms with Gasteiger partial charge in [0.25, 0.3) is 0 Å². The Bertz CT molecular complexity index is 842. The molecule has 1 amide bonds. The van der Waals surface area contributed by atoms with Crippen molar-refractivity contribution in [3.8, 4) is 17.1 Å². The van der Waals surface area contributed by atoms with Gasteiger partial charge in [0.05, 0.1) is 17.7 Å². The summed E-state index contributed by atoms with van der Waals surface area (Å²) in [6.45, 7) is 0. The number of primary amides is 1. The molecule has 6 heteroatoms. The number of methoxy groups -OCH3 is 1. The van der Waals surface area contributed by atoms with Crippen LogP contribution in [0.1, 0.15) is 10.4 Å². The summed E-state index contributed by atoms with van der Waals surface area (Å²) in [5, 5.41) is 0.469. The van der Waals surface area contributed by atoms with Crippen molar-refractivity contribution in [3.63, 3.8) is 0 Å². The number of pyridine rings is 1. The fourth-order valence-electron chi connectivity index (χ4n) is 2.09. The molecule has 2 aromatic heterocycles. The number of furan rings is 1. The summed E-state index contributed by atoms with van der Waals surface area (Å²) in [7, 11) is 1.54. The summed E-state index contributed by atoms with van der Waals surface area (Å²) in [5.74, 6) is 0.548. The number of benzene rings is 1. The molecule has 0 atom stereocenters. The third-order valence-corrected chi connectivity index (χ3v) is 3.41. The van der Waals surface area contributed by atoms with Crippen LogP contribution in [0.5, 0.6) is 5.75 Å². The van der Waals surface area contributed by atoms with Crippen LogP contribution in [0.3, 0.4) is 0 Å². The van der Waals surface area contributed by atoms with Crippen molar-refractivity contribution in [2.24, 2.45) is 5.73 Å². The van der Waals surface area contributed by atoms with E-state index in [-0.39, 0.29) is 0 Å². The smallest absolute Gasteiger partial charge is 0.248 e. The van der Waals surface area contributed by atoms with Gasteiger partial charge >= 0.3 is 0 Å². The Morgan fingerprint density at radius 2 is 2.14 bits per heavy atom. The molecule has 3 aromatic rings. The first kappa shape index (κ1) is 13.5. The second kappa shape index (κ2) is 5.10. The minimum absolute atomic E-state index is 0.366. The standard InChI is InChI=1S/C15H11ClN2O3/c1-20-12-3-2-8(15(17)19)6-9(12)13-7-11-14(21-13)10(16)4-5-18-11/h2-7H,1H3,(H2,17,19). The lowest BCUT2D eigenvalue weighted by Gasteiger charge is -2.07. The van der Waals surface area contributed by atoms with E-state index in [9.17, 15) is 4.79 Å². The van der Waals surface area contributed by atoms with E-state index in [0.717, 1.165) is 0 Å². The topological polar surface area (TPSA) is 78.4 Å². The number of ether oxygens (including phenoxy) is 1. The molecule has 0 bridgehead atoms. The molecule has 0 aliphatic rings. The Morgan fingerprint density at radius 3 is 2.81 bits per heavy atom. The van der Waals surface area contributed by atoms with Gasteiger partial charge < -0.3 is 14.9 Å². The van der Waals surface area contributed by atoms with E-state index >= 15 is 0 Å². The molecular weight excluding hydrogens is 292 g/mol. The van der Waals surface area contributed by atoms with Crippen LogP contribution < -0.4 is 10.5 Å². The number of amides is 1. The fraction of sp³-hybridized carbons (Fsp3) is 0.0667. The molecule has 0 aliphatic heterocycles. The maximum Gasteiger partial charge on any atom is 0.248 e. The van der Waals surface area contributed by atoms with Crippen LogP contribution in [-0.4, -0.2) is 18.0 Å². The van der Waals surface area contributed by atoms with Crippen LogP contribution in [0.25, 0.3) is 22.4 Å². The summed E-state index contributed by atoms with van der Waals surface area (Å²) in [4.78, 5) is 15.5. The average molecular weight is 303 g/mol. The first-order valence-corrected chi connectivity index (χ1v) is 6.50. The fourth-order valence-corrected chi connectivity index (χ4v) is 2.29. The van der Waals surface area contributed by atoms with E-state index in [1.807, 2.05) is 0 Å². The number of carbonyl (C=O) groups is 1. The van der Waals surface area contributed by atoms with E-state index in [4.69, 9.17) is 26.5 Å². The summed E-state index contributed by atoms with van der Waals surface area (Å²) in [5.41, 5.74) is 7.40. The summed E-state index contributed by atoms with van der Waals surface area (Å²) < 4.78 is 11.0. The molecule has 0 unspecified atom stereocenters. The number of carbonyl (C=O) groups excluding carboxylic acids is 1. The molecule has 1 aromatic carbocycles. The quantitative estimate of drug-likeness (QED) is 0.805. The third kappa shape index (κ3) is 2.32. The Hall–Kier alpha value is -2.53. The number of nitrogens with zero attached hydrogens (tertiary/aromatic N) is 1. The maximum absolute atomic E-state index is 11.3. The highest BCUT2D eigenvalue weighted by atomic mass is 35.5. The molecule has 2 heterocycles. The van der Waals surface area contributed by atoms with E-state index < -0.39 is 5.91 Å². The van der Waals surface area contributed by atoms with Crippen LogP contribution >= 0.6 is 11.6 Å². The van der Waals surface area contributed by atoms with E-state index in [1.54, 1.807) is 36.5 Å². The van der Waals surface area contributed by atoms with Crippen molar-refractivity contribution in [3.05, 3.63) is 47.1 Å². The van der Waals surface area contributed by atoms with E-state index in [2.05, 4.69) is 4.98 Å². The van der Waals surface area contributed by atoms with Gasteiger partial charge in [-0.2, -0.15) is 0 Å². The molecule has 3 rings (SSSR count). The largest absolute Gasteiger partial charge is 0.496 e. The lowest BCUT2D eigenvalue weighted by atomic mass is 10.1. The number of rotatable bonds is 3. The summed E-state index contributed by atoms with van der Waals surface area (Å²) in [6.07, 6.45) is 1.60. The number of halogens is 1. The van der Waals surface area contributed by atoms with Crippen molar-refractivity contribution in [2.45, 2.75) is 0 Å². The van der Waals surface area contributed by atoms with E-state index in [0.29, 0.717) is 38.8 Å². The Balaban J connectivity index is 2.23. The monoisotopic (exact) mass is 302 g/mol. The first-order valence-electron chi connectivity index (χ1n) is 6.12. The van der Waals surface area contributed by atoms with Crippen LogP contribution in [0.15, 0.2) is 40.9 Å². The number of nitrogens with two attached hydrogens (primary N) is 1. The van der Waals surface area contributed by atoms with Crippen LogP contribution in [0.2, 0.25) is 5.02 Å². The van der Waals surface area contributed by atoms with Gasteiger partial charge in [0.2, 0.25) is 5.91 Å². The number of hydrogen-bond acceptors (Lipinski definition) is 4. The molecule has 0 fully saturated rings. The zero-order chi connectivity index (χ0) is 15.0. The second-order valence-electron chi connectivity index (χ2n) is 4.40. The van der Waals surface area contributed by atoms with Gasteiger partial charge in [-0.3, -0.25) is 9.78 Å². The first-order chi connectivity index (χ1) is 10.1. The Labute approximate surface area is 125 Å². The highest BCUT2D eigenvalue weighted by Gasteiger charge is 2.15. The highest BCUT2D eigenvalue weighted by molar-refractivity contribution is 6.34. The van der Waals surface area contributed by atoms with Gasteiger partial charge in [-0.1, -0.05) is 11.6 Å². The second-order valence-corrected chi connectivity index (χ2v) is 4.80. The zero-order valence-corrected chi connectivity index (χ0v) is 11.8. The SMILES string of the molecule is COc1ccc(C(N)=O)cc1-c1cc2nccc(Cl)c2o1. The zero-order valence-electron chi connectivity index (χ0n) is 11.1. The molecule has 21 heavy (non-hydrogen) atoms. The number of aromatic nitrogens is 1. The van der Waals surface area contributed by atoms with Crippen molar-refractivity contribution in [1.82, 2.24) is 4.98 Å². The van der Waals surface area contributed by atoms with Crippen LogP contribution in [0.4, 0.5) is 0 Å². The van der Waals surface area contributed by atoms with Gasteiger partial charge in [0.1, 0.15) is 17.0 Å². The number of fused-ring (bicyclic) bond motifs is 1. The van der Waals surface area contributed by atoms with Crippen LogP contribution in [-0.2, 0) is 0 Å². The lowest BCUT2D eigenvalue weighted by Crippen LogP contribution is -2.10. The van der Waals surface area contributed by atoms with Gasteiger partial charge in [-0.05, 0) is 24.3 Å². The predicted octanol–water partition coefficient (Wildman–Crippen LogP) is 3.26. The van der Waals surface area contributed by atoms with Gasteiger partial charge in [-0.15, -0.1) is 0 Å². The molecule has 0 radical (unpaired) electrons. The Morgan fingerprint density at radius 1 is 1.33 bits per heavy atom. The van der Waals surface area contributed by atoms with Crippen molar-refractivity contribution < 1.29 is 13.9 Å². The molecule has 5 nitrogen and oxygen atoms in total. The third-order valence-electron chi connectivity index (χ3n) is 3.11. The molecule has 2 N–H and O–H groups in total. The van der Waals surface area contributed by atoms with Gasteiger partial charge in [-0.25, -0.2) is 0 Å². The normalized spacial score (nSPS) is 10.8. The molecular formula is C15H11ClN2O3. The minimum Gasteiger partial charge on any atom is -0.496 e. The predicted molar refractivity (Wildman–Crippen MR) is 79.5 cm³/mol. The molecule has 0 aliphatic carbocycles.